The average Bonchev–Trinajstić information content (AvgIpc) is 2.50. The van der Waals surface area contributed by atoms with Crippen LogP contribution in [0.25, 0.3) is 0 Å². The maximum absolute atomic E-state index is 11.4. The Morgan fingerprint density at radius 3 is 2.45 bits per heavy atom. The molecule has 0 aromatic heterocycles. The Labute approximate surface area is 66.6 Å². The fourth-order valence-electron chi connectivity index (χ4n) is 2.64. The van der Waals surface area contributed by atoms with Gasteiger partial charge in [0.05, 0.1) is 11.0 Å². The van der Waals surface area contributed by atoms with E-state index in [0.29, 0.717) is 12.3 Å². The van der Waals surface area contributed by atoms with Crippen LogP contribution in [0.2, 0.25) is 0 Å². The summed E-state index contributed by atoms with van der Waals surface area (Å²) in [5, 5.41) is 9.77. The minimum atomic E-state index is -0.786. The molecule has 0 radical (unpaired) electrons. The minimum Gasteiger partial charge on any atom is -0.389 e. The zero-order chi connectivity index (χ0) is 8.28. The van der Waals surface area contributed by atoms with Crippen LogP contribution in [0.4, 0.5) is 0 Å². The van der Waals surface area contributed by atoms with E-state index in [1.54, 1.807) is 13.8 Å². The van der Waals surface area contributed by atoms with Gasteiger partial charge >= 0.3 is 0 Å². The summed E-state index contributed by atoms with van der Waals surface area (Å²) in [6, 6.07) is 0. The van der Waals surface area contributed by atoms with Crippen LogP contribution in [0.3, 0.4) is 0 Å². The van der Waals surface area contributed by atoms with Crippen molar-refractivity contribution in [2.45, 2.75) is 38.7 Å². The first-order valence-corrected chi connectivity index (χ1v) is 4.24. The van der Waals surface area contributed by atoms with Crippen LogP contribution in [-0.4, -0.2) is 16.5 Å². The van der Waals surface area contributed by atoms with Crippen molar-refractivity contribution >= 4 is 5.78 Å². The minimum absolute atomic E-state index is 0.287. The molecule has 0 bridgehead atoms. The molecule has 11 heavy (non-hydrogen) atoms. The second-order valence-electron chi connectivity index (χ2n) is 4.39. The molecular weight excluding hydrogens is 140 g/mol. The summed E-state index contributed by atoms with van der Waals surface area (Å²) in [7, 11) is 0. The Balaban J connectivity index is 2.32. The van der Waals surface area contributed by atoms with Crippen molar-refractivity contribution in [2.75, 3.05) is 0 Å². The number of aliphatic hydroxyl groups is 1. The fraction of sp³-hybridized carbons (Fsp3) is 0.889. The molecule has 0 heterocycles. The highest BCUT2D eigenvalue weighted by Gasteiger charge is 2.69. The summed E-state index contributed by atoms with van der Waals surface area (Å²) in [5.74, 6) is 0.782. The number of rotatable bonds is 1. The number of ketones is 1. The van der Waals surface area contributed by atoms with E-state index in [9.17, 15) is 9.90 Å². The topological polar surface area (TPSA) is 37.3 Å². The highest BCUT2D eigenvalue weighted by Crippen LogP contribution is 2.66. The summed E-state index contributed by atoms with van der Waals surface area (Å²) in [5.41, 5.74) is -1.11. The highest BCUT2D eigenvalue weighted by atomic mass is 16.3. The molecule has 0 aromatic carbocycles. The van der Waals surface area contributed by atoms with E-state index in [0.717, 1.165) is 12.8 Å². The van der Waals surface area contributed by atoms with E-state index in [2.05, 4.69) is 0 Å². The summed E-state index contributed by atoms with van der Waals surface area (Å²) in [6.07, 6.45) is 2.62. The molecule has 2 nitrogen and oxygen atoms in total. The molecule has 2 saturated carbocycles. The van der Waals surface area contributed by atoms with Gasteiger partial charge in [0, 0.05) is 6.42 Å². The summed E-state index contributed by atoms with van der Waals surface area (Å²) in [6.45, 7) is 3.52. The van der Waals surface area contributed by atoms with Gasteiger partial charge in [0.2, 0.25) is 0 Å². The normalized spacial score (nSPS) is 42.5. The third-order valence-corrected chi connectivity index (χ3v) is 3.41. The molecule has 2 aliphatic carbocycles. The van der Waals surface area contributed by atoms with Crippen molar-refractivity contribution in [3.05, 3.63) is 0 Å². The molecule has 2 aliphatic rings. The summed E-state index contributed by atoms with van der Waals surface area (Å²) >= 11 is 0. The molecule has 0 spiro atoms. The number of hydrogen-bond donors (Lipinski definition) is 1. The van der Waals surface area contributed by atoms with Crippen molar-refractivity contribution in [3.63, 3.8) is 0 Å². The monoisotopic (exact) mass is 154 g/mol. The molecule has 0 aromatic rings. The lowest BCUT2D eigenvalue weighted by atomic mass is 9.84. The molecule has 0 saturated heterocycles. The fourth-order valence-corrected chi connectivity index (χ4v) is 2.64. The third-order valence-electron chi connectivity index (χ3n) is 3.41. The Hall–Kier alpha value is -0.370. The Bertz CT molecular complexity index is 214. The molecule has 0 aliphatic heterocycles. The zero-order valence-corrected chi connectivity index (χ0v) is 7.05. The van der Waals surface area contributed by atoms with Crippen LogP contribution >= 0.6 is 0 Å². The number of carbonyl (C=O) groups is 1. The van der Waals surface area contributed by atoms with Crippen LogP contribution in [0.15, 0.2) is 0 Å². The van der Waals surface area contributed by atoms with Gasteiger partial charge in [-0.1, -0.05) is 0 Å². The van der Waals surface area contributed by atoms with Gasteiger partial charge in [-0.3, -0.25) is 4.79 Å². The number of fused-ring (bicyclic) bond motifs is 1. The van der Waals surface area contributed by atoms with E-state index >= 15 is 0 Å². The highest BCUT2D eigenvalue weighted by molar-refractivity contribution is 5.92. The first-order chi connectivity index (χ1) is 4.98. The van der Waals surface area contributed by atoms with Crippen LogP contribution in [0.1, 0.15) is 33.1 Å². The second kappa shape index (κ2) is 1.69. The molecule has 1 N–H and O–H groups in total. The van der Waals surface area contributed by atoms with Crippen LogP contribution in [0.5, 0.6) is 0 Å². The van der Waals surface area contributed by atoms with Gasteiger partial charge < -0.3 is 5.11 Å². The van der Waals surface area contributed by atoms with Gasteiger partial charge in [-0.15, -0.1) is 0 Å². The van der Waals surface area contributed by atoms with Crippen LogP contribution in [0, 0.1) is 11.3 Å². The van der Waals surface area contributed by atoms with E-state index in [1.807, 2.05) is 0 Å². The number of hydrogen-bond acceptors (Lipinski definition) is 2. The molecule has 2 fully saturated rings. The molecule has 0 unspecified atom stereocenters. The predicted molar refractivity (Wildman–Crippen MR) is 41.1 cm³/mol. The third kappa shape index (κ3) is 0.684. The standard InChI is InChI=1S/C9H14O2/c1-8(2,11)9-5-6(9)3-4-7(9)10/h6,11H,3-5H2,1-2H3/t6-,9-/m1/s1. The van der Waals surface area contributed by atoms with Gasteiger partial charge in [0.1, 0.15) is 5.78 Å². The summed E-state index contributed by atoms with van der Waals surface area (Å²) < 4.78 is 0. The van der Waals surface area contributed by atoms with Crippen molar-refractivity contribution < 1.29 is 9.90 Å². The largest absolute Gasteiger partial charge is 0.389 e. The Morgan fingerprint density at radius 1 is 1.64 bits per heavy atom. The molecular formula is C9H14O2. The average molecular weight is 154 g/mol. The van der Waals surface area contributed by atoms with Crippen LogP contribution < -0.4 is 0 Å². The smallest absolute Gasteiger partial charge is 0.142 e. The first-order valence-electron chi connectivity index (χ1n) is 4.24. The zero-order valence-electron chi connectivity index (χ0n) is 7.05. The second-order valence-corrected chi connectivity index (χ2v) is 4.39. The predicted octanol–water partition coefficient (Wildman–Crippen LogP) is 1.13. The van der Waals surface area contributed by atoms with E-state index < -0.39 is 5.60 Å². The molecule has 2 atom stereocenters. The Kier molecular flexibility index (Phi) is 1.12. The molecule has 2 heteroatoms. The van der Waals surface area contributed by atoms with Crippen molar-refractivity contribution in [1.82, 2.24) is 0 Å². The van der Waals surface area contributed by atoms with E-state index in [1.165, 1.54) is 0 Å². The number of Topliss-reactive ketones (excluding diaryl/α,β-unsaturated/α-hetero) is 1. The maximum atomic E-state index is 11.4. The van der Waals surface area contributed by atoms with Crippen molar-refractivity contribution in [2.24, 2.45) is 11.3 Å². The number of carbonyl (C=O) groups excluding carboxylic acids is 1. The van der Waals surface area contributed by atoms with Gasteiger partial charge in [0.25, 0.3) is 0 Å². The van der Waals surface area contributed by atoms with Crippen molar-refractivity contribution in [3.8, 4) is 0 Å². The quantitative estimate of drug-likeness (QED) is 0.614. The molecule has 0 amide bonds. The van der Waals surface area contributed by atoms with E-state index in [-0.39, 0.29) is 11.2 Å². The van der Waals surface area contributed by atoms with Gasteiger partial charge in [0.15, 0.2) is 0 Å². The van der Waals surface area contributed by atoms with Crippen molar-refractivity contribution in [1.29, 1.82) is 0 Å². The lowest BCUT2D eigenvalue weighted by Crippen LogP contribution is -2.37. The van der Waals surface area contributed by atoms with E-state index in [4.69, 9.17) is 0 Å². The molecule has 62 valence electrons. The van der Waals surface area contributed by atoms with Gasteiger partial charge in [-0.05, 0) is 32.6 Å². The SMILES string of the molecule is CC(C)(O)[C@]12C[C@H]1CCC2=O. The summed E-state index contributed by atoms with van der Waals surface area (Å²) in [4.78, 5) is 11.4. The first kappa shape index (κ1) is 7.29. The Morgan fingerprint density at radius 2 is 2.27 bits per heavy atom. The molecule has 2 rings (SSSR count). The maximum Gasteiger partial charge on any atom is 0.142 e. The lowest BCUT2D eigenvalue weighted by Gasteiger charge is -2.26. The van der Waals surface area contributed by atoms with Gasteiger partial charge in [-0.2, -0.15) is 0 Å². The lowest BCUT2D eigenvalue weighted by molar-refractivity contribution is -0.131. The van der Waals surface area contributed by atoms with Gasteiger partial charge in [-0.25, -0.2) is 0 Å². The van der Waals surface area contributed by atoms with Crippen LogP contribution in [-0.2, 0) is 4.79 Å².